The van der Waals surface area contributed by atoms with Crippen LogP contribution in [0.1, 0.15) is 19.8 Å². The number of rotatable bonds is 4. The molecule has 5 nitrogen and oxygen atoms in total. The molecule has 2 amide bonds. The van der Waals surface area contributed by atoms with Crippen molar-refractivity contribution in [1.82, 2.24) is 4.90 Å². The number of halogens is 3. The average molecular weight is 329 g/mol. The van der Waals surface area contributed by atoms with E-state index in [1.807, 2.05) is 4.90 Å². The first-order valence-electron chi connectivity index (χ1n) is 7.29. The third-order valence-electron chi connectivity index (χ3n) is 4.15. The van der Waals surface area contributed by atoms with Crippen LogP contribution in [0.5, 0.6) is 0 Å². The number of nitrogens with two attached hydrogens (primary N) is 1. The fraction of sp³-hybridized carbons (Fsp3) is 0.467. The lowest BCUT2D eigenvalue weighted by Gasteiger charge is -2.34. The third kappa shape index (κ3) is 3.82. The molecule has 3 N–H and O–H groups in total. The molecule has 0 saturated carbocycles. The van der Waals surface area contributed by atoms with E-state index in [1.165, 1.54) is 0 Å². The number of nitrogens with zero attached hydrogens (tertiary/aromatic N) is 1. The van der Waals surface area contributed by atoms with Crippen molar-refractivity contribution < 1.29 is 22.8 Å². The summed E-state index contributed by atoms with van der Waals surface area (Å²) in [7, 11) is 0. The lowest BCUT2D eigenvalue weighted by atomic mass is 9.95. The van der Waals surface area contributed by atoms with E-state index in [4.69, 9.17) is 5.73 Å². The number of carbonyl (C=O) groups excluding carboxylic acids is 2. The Morgan fingerprint density at radius 3 is 2.39 bits per heavy atom. The summed E-state index contributed by atoms with van der Waals surface area (Å²) in [6, 6.07) is 1.12. The molecule has 1 aromatic carbocycles. The van der Waals surface area contributed by atoms with Crippen LogP contribution in [0.4, 0.5) is 18.9 Å². The number of amides is 2. The Balaban J connectivity index is 1.99. The molecule has 0 radical (unpaired) electrons. The maximum Gasteiger partial charge on any atom is 0.241 e. The Labute approximate surface area is 131 Å². The molecule has 1 aromatic rings. The second-order valence-corrected chi connectivity index (χ2v) is 5.60. The van der Waals surface area contributed by atoms with Gasteiger partial charge in [0, 0.05) is 5.92 Å². The fourth-order valence-electron chi connectivity index (χ4n) is 2.60. The zero-order chi connectivity index (χ0) is 17.1. The van der Waals surface area contributed by atoms with Crippen LogP contribution in [0.25, 0.3) is 0 Å². The summed E-state index contributed by atoms with van der Waals surface area (Å²) in [5, 5.41) is 2.26. The molecule has 1 aliphatic rings. The van der Waals surface area contributed by atoms with Crippen molar-refractivity contribution in [3.63, 3.8) is 0 Å². The van der Waals surface area contributed by atoms with Gasteiger partial charge in [-0.05, 0) is 45.0 Å². The van der Waals surface area contributed by atoms with E-state index >= 15 is 0 Å². The minimum absolute atomic E-state index is 0.204. The number of primary amides is 1. The molecule has 0 aliphatic carbocycles. The van der Waals surface area contributed by atoms with E-state index in [0.717, 1.165) is 12.1 Å². The van der Waals surface area contributed by atoms with Gasteiger partial charge in [-0.15, -0.1) is 0 Å². The second kappa shape index (κ2) is 6.99. The number of nitrogens with one attached hydrogen (secondary N) is 1. The van der Waals surface area contributed by atoms with Crippen molar-refractivity contribution in [2.24, 2.45) is 11.7 Å². The molecular formula is C15H18F3N3O2. The molecule has 0 spiro atoms. The highest BCUT2D eigenvalue weighted by Gasteiger charge is 2.29. The van der Waals surface area contributed by atoms with Gasteiger partial charge in [-0.3, -0.25) is 14.5 Å². The lowest BCUT2D eigenvalue weighted by Crippen LogP contribution is -2.47. The summed E-state index contributed by atoms with van der Waals surface area (Å²) in [4.78, 5) is 25.1. The molecule has 0 unspecified atom stereocenters. The van der Waals surface area contributed by atoms with Gasteiger partial charge >= 0.3 is 0 Å². The van der Waals surface area contributed by atoms with Crippen LogP contribution < -0.4 is 11.1 Å². The van der Waals surface area contributed by atoms with Crippen molar-refractivity contribution >= 4 is 17.5 Å². The molecule has 1 fully saturated rings. The van der Waals surface area contributed by atoms with Crippen molar-refractivity contribution in [3.8, 4) is 0 Å². The van der Waals surface area contributed by atoms with Gasteiger partial charge < -0.3 is 11.1 Å². The van der Waals surface area contributed by atoms with Crippen LogP contribution in [0, 0.1) is 23.4 Å². The normalized spacial score (nSPS) is 17.7. The molecule has 23 heavy (non-hydrogen) atoms. The molecule has 1 aliphatic heterocycles. The Morgan fingerprint density at radius 1 is 1.22 bits per heavy atom. The zero-order valence-electron chi connectivity index (χ0n) is 12.6. The largest absolute Gasteiger partial charge is 0.369 e. The molecule has 2 rings (SSSR count). The van der Waals surface area contributed by atoms with Gasteiger partial charge in [0.15, 0.2) is 17.5 Å². The van der Waals surface area contributed by atoms with Crippen LogP contribution >= 0.6 is 0 Å². The first-order chi connectivity index (χ1) is 10.8. The molecular weight excluding hydrogens is 311 g/mol. The van der Waals surface area contributed by atoms with Crippen LogP contribution in [0.15, 0.2) is 12.1 Å². The summed E-state index contributed by atoms with van der Waals surface area (Å²) in [6.45, 7) is 2.63. The predicted molar refractivity (Wildman–Crippen MR) is 77.9 cm³/mol. The van der Waals surface area contributed by atoms with E-state index in [2.05, 4.69) is 5.32 Å². The molecule has 1 heterocycles. The van der Waals surface area contributed by atoms with Crippen molar-refractivity contribution in [2.45, 2.75) is 25.8 Å². The second-order valence-electron chi connectivity index (χ2n) is 5.60. The average Bonchev–Trinajstić information content (AvgIpc) is 2.54. The van der Waals surface area contributed by atoms with Crippen LogP contribution in [0.2, 0.25) is 0 Å². The third-order valence-corrected chi connectivity index (χ3v) is 4.15. The monoisotopic (exact) mass is 329 g/mol. The highest BCUT2D eigenvalue weighted by Crippen LogP contribution is 2.22. The first kappa shape index (κ1) is 17.3. The summed E-state index contributed by atoms with van der Waals surface area (Å²) >= 11 is 0. The van der Waals surface area contributed by atoms with Gasteiger partial charge in [-0.1, -0.05) is 0 Å². The minimum atomic E-state index is -1.63. The minimum Gasteiger partial charge on any atom is -0.369 e. The summed E-state index contributed by atoms with van der Waals surface area (Å²) in [5.74, 6) is -5.47. The highest BCUT2D eigenvalue weighted by molar-refractivity contribution is 5.94. The smallest absolute Gasteiger partial charge is 0.241 e. The number of anilines is 1. The Kier molecular flexibility index (Phi) is 5.25. The molecule has 126 valence electrons. The van der Waals surface area contributed by atoms with Gasteiger partial charge in [-0.2, -0.15) is 0 Å². The van der Waals surface area contributed by atoms with Gasteiger partial charge in [0.05, 0.1) is 11.7 Å². The molecule has 0 aromatic heterocycles. The lowest BCUT2D eigenvalue weighted by molar-refractivity contribution is -0.124. The summed E-state index contributed by atoms with van der Waals surface area (Å²) in [5.41, 5.74) is 4.84. The number of hydrogen-bond acceptors (Lipinski definition) is 3. The molecule has 0 bridgehead atoms. The van der Waals surface area contributed by atoms with Crippen molar-refractivity contribution in [3.05, 3.63) is 29.6 Å². The van der Waals surface area contributed by atoms with E-state index in [0.29, 0.717) is 25.9 Å². The number of hydrogen-bond donors (Lipinski definition) is 2. The molecule has 1 atom stereocenters. The number of benzene rings is 1. The maximum absolute atomic E-state index is 13.6. The Bertz CT molecular complexity index is 616. The number of piperidine rings is 1. The SMILES string of the molecule is C[C@H](C(=O)Nc1ccc(F)c(F)c1F)N1CCC(C(N)=O)CC1. The molecule has 8 heteroatoms. The highest BCUT2D eigenvalue weighted by atomic mass is 19.2. The number of carbonyl (C=O) groups is 2. The van der Waals surface area contributed by atoms with Crippen LogP contribution in [-0.2, 0) is 9.59 Å². The van der Waals surface area contributed by atoms with Gasteiger partial charge in [0.1, 0.15) is 0 Å². The van der Waals surface area contributed by atoms with Gasteiger partial charge in [-0.25, -0.2) is 13.2 Å². The van der Waals surface area contributed by atoms with E-state index in [-0.39, 0.29) is 11.8 Å². The van der Waals surface area contributed by atoms with E-state index in [9.17, 15) is 22.8 Å². The topological polar surface area (TPSA) is 75.4 Å². The van der Waals surface area contributed by atoms with Crippen molar-refractivity contribution in [1.29, 1.82) is 0 Å². The standard InChI is InChI=1S/C15H18F3N3O2/c1-8(21-6-4-9(5-7-21)14(19)22)15(23)20-11-3-2-10(16)12(17)13(11)18/h2-3,8-9H,4-7H2,1H3,(H2,19,22)(H,20,23)/t8-/m1/s1. The quantitative estimate of drug-likeness (QED) is 0.825. The number of likely N-dealkylation sites (tertiary alicyclic amines) is 1. The molecule has 1 saturated heterocycles. The summed E-state index contributed by atoms with van der Waals surface area (Å²) < 4.78 is 39.6. The van der Waals surface area contributed by atoms with Gasteiger partial charge in [0.2, 0.25) is 11.8 Å². The first-order valence-corrected chi connectivity index (χ1v) is 7.29. The van der Waals surface area contributed by atoms with Gasteiger partial charge in [0.25, 0.3) is 0 Å². The van der Waals surface area contributed by atoms with Crippen LogP contribution in [0.3, 0.4) is 0 Å². The van der Waals surface area contributed by atoms with Crippen LogP contribution in [-0.4, -0.2) is 35.8 Å². The zero-order valence-corrected chi connectivity index (χ0v) is 12.6. The summed E-state index contributed by atoms with van der Waals surface area (Å²) in [6.07, 6.45) is 1.10. The van der Waals surface area contributed by atoms with E-state index in [1.54, 1.807) is 6.92 Å². The van der Waals surface area contributed by atoms with E-state index < -0.39 is 35.1 Å². The fourth-order valence-corrected chi connectivity index (χ4v) is 2.60. The van der Waals surface area contributed by atoms with Crippen molar-refractivity contribution in [2.75, 3.05) is 18.4 Å². The Morgan fingerprint density at radius 2 is 1.83 bits per heavy atom. The Hall–Kier alpha value is -2.09. The maximum atomic E-state index is 13.6. The predicted octanol–water partition coefficient (Wildman–Crippen LogP) is 1.63.